The van der Waals surface area contributed by atoms with E-state index in [4.69, 9.17) is 9.52 Å². The summed E-state index contributed by atoms with van der Waals surface area (Å²) in [5.41, 5.74) is 0. The van der Waals surface area contributed by atoms with Crippen molar-refractivity contribution in [2.75, 3.05) is 7.05 Å². The predicted molar refractivity (Wildman–Crippen MR) is 50.0 cm³/mol. The monoisotopic (exact) mass is 209 g/mol. The van der Waals surface area contributed by atoms with E-state index >= 15 is 0 Å². The summed E-state index contributed by atoms with van der Waals surface area (Å²) in [5.74, 6) is -1.32. The SMILES string of the molecule is CN1C(=O)C[C@H](C(=O)O)[C@H]1c1ccco1. The maximum atomic E-state index is 11.4. The third-order valence-corrected chi connectivity index (χ3v) is 2.74. The fraction of sp³-hybridized carbons (Fsp3) is 0.400. The minimum absolute atomic E-state index is 0.0389. The van der Waals surface area contributed by atoms with Gasteiger partial charge in [0.25, 0.3) is 0 Å². The van der Waals surface area contributed by atoms with Crippen molar-refractivity contribution in [1.29, 1.82) is 0 Å². The lowest BCUT2D eigenvalue weighted by Crippen LogP contribution is -2.26. The molecule has 80 valence electrons. The molecule has 1 fully saturated rings. The van der Waals surface area contributed by atoms with Crippen LogP contribution in [0.25, 0.3) is 0 Å². The first-order chi connectivity index (χ1) is 7.11. The van der Waals surface area contributed by atoms with Crippen LogP contribution in [-0.4, -0.2) is 28.9 Å². The normalized spacial score (nSPS) is 25.9. The molecule has 1 aromatic heterocycles. The molecule has 0 saturated carbocycles. The van der Waals surface area contributed by atoms with Gasteiger partial charge in [0.2, 0.25) is 5.91 Å². The summed E-state index contributed by atoms with van der Waals surface area (Å²) in [6.07, 6.45) is 1.52. The molecule has 5 heteroatoms. The molecular formula is C10H11NO4. The lowest BCUT2D eigenvalue weighted by molar-refractivity contribution is -0.142. The van der Waals surface area contributed by atoms with Crippen molar-refractivity contribution in [2.24, 2.45) is 5.92 Å². The second kappa shape index (κ2) is 3.42. The van der Waals surface area contributed by atoms with Crippen molar-refractivity contribution in [3.8, 4) is 0 Å². The molecule has 1 aliphatic rings. The zero-order chi connectivity index (χ0) is 11.0. The number of aliphatic carboxylic acids is 1. The first-order valence-corrected chi connectivity index (χ1v) is 4.63. The molecule has 1 N–H and O–H groups in total. The first kappa shape index (κ1) is 9.76. The largest absolute Gasteiger partial charge is 0.481 e. The smallest absolute Gasteiger partial charge is 0.309 e. The Bertz CT molecular complexity index is 384. The maximum absolute atomic E-state index is 11.4. The highest BCUT2D eigenvalue weighted by Crippen LogP contribution is 2.37. The molecule has 15 heavy (non-hydrogen) atoms. The van der Waals surface area contributed by atoms with Crippen LogP contribution in [0.1, 0.15) is 18.2 Å². The molecule has 0 radical (unpaired) electrons. The summed E-state index contributed by atoms with van der Waals surface area (Å²) in [4.78, 5) is 23.8. The molecule has 0 aliphatic carbocycles. The average molecular weight is 209 g/mol. The number of carbonyl (C=O) groups excluding carboxylic acids is 1. The van der Waals surface area contributed by atoms with Gasteiger partial charge in [-0.1, -0.05) is 0 Å². The number of carbonyl (C=O) groups is 2. The van der Waals surface area contributed by atoms with Crippen LogP contribution in [0.5, 0.6) is 0 Å². The van der Waals surface area contributed by atoms with Crippen LogP contribution in [0.3, 0.4) is 0 Å². The number of nitrogens with zero attached hydrogens (tertiary/aromatic N) is 1. The number of hydrogen-bond donors (Lipinski definition) is 1. The maximum Gasteiger partial charge on any atom is 0.309 e. The number of carboxylic acids is 1. The molecule has 5 nitrogen and oxygen atoms in total. The summed E-state index contributed by atoms with van der Waals surface area (Å²) >= 11 is 0. The van der Waals surface area contributed by atoms with Crippen molar-refractivity contribution in [3.05, 3.63) is 24.2 Å². The van der Waals surface area contributed by atoms with E-state index in [2.05, 4.69) is 0 Å². The highest BCUT2D eigenvalue weighted by Gasteiger charge is 2.44. The lowest BCUT2D eigenvalue weighted by Gasteiger charge is -2.20. The molecule has 0 aromatic carbocycles. The van der Waals surface area contributed by atoms with Crippen molar-refractivity contribution in [3.63, 3.8) is 0 Å². The second-order valence-corrected chi connectivity index (χ2v) is 3.61. The van der Waals surface area contributed by atoms with Gasteiger partial charge < -0.3 is 14.4 Å². The van der Waals surface area contributed by atoms with Gasteiger partial charge in [-0.3, -0.25) is 9.59 Å². The number of carboxylic acid groups (broad SMARTS) is 1. The molecule has 2 rings (SSSR count). The Morgan fingerprint density at radius 1 is 1.67 bits per heavy atom. The summed E-state index contributed by atoms with van der Waals surface area (Å²) < 4.78 is 5.16. The van der Waals surface area contributed by atoms with Crippen LogP contribution in [0.2, 0.25) is 0 Å². The van der Waals surface area contributed by atoms with Gasteiger partial charge in [0.05, 0.1) is 12.2 Å². The topological polar surface area (TPSA) is 70.8 Å². The predicted octanol–water partition coefficient (Wildman–Crippen LogP) is 0.884. The van der Waals surface area contributed by atoms with Gasteiger partial charge in [0.1, 0.15) is 11.8 Å². The van der Waals surface area contributed by atoms with Crippen LogP contribution < -0.4 is 0 Å². The third kappa shape index (κ3) is 1.49. The minimum Gasteiger partial charge on any atom is -0.481 e. The highest BCUT2D eigenvalue weighted by atomic mass is 16.4. The number of hydrogen-bond acceptors (Lipinski definition) is 3. The molecule has 0 spiro atoms. The zero-order valence-corrected chi connectivity index (χ0v) is 8.21. The fourth-order valence-electron chi connectivity index (χ4n) is 1.94. The molecule has 1 aromatic rings. The molecule has 1 aliphatic heterocycles. The first-order valence-electron chi connectivity index (χ1n) is 4.63. The van der Waals surface area contributed by atoms with E-state index < -0.39 is 17.9 Å². The van der Waals surface area contributed by atoms with Crippen LogP contribution in [0, 0.1) is 5.92 Å². The Morgan fingerprint density at radius 2 is 2.40 bits per heavy atom. The number of amides is 1. The van der Waals surface area contributed by atoms with E-state index in [1.807, 2.05) is 0 Å². The quantitative estimate of drug-likeness (QED) is 0.785. The highest BCUT2D eigenvalue weighted by molar-refractivity contribution is 5.86. The van der Waals surface area contributed by atoms with Crippen molar-refractivity contribution >= 4 is 11.9 Å². The Balaban J connectivity index is 2.34. The van der Waals surface area contributed by atoms with E-state index in [0.29, 0.717) is 5.76 Å². The number of rotatable bonds is 2. The van der Waals surface area contributed by atoms with Crippen LogP contribution in [-0.2, 0) is 9.59 Å². The van der Waals surface area contributed by atoms with E-state index in [1.165, 1.54) is 11.2 Å². The summed E-state index contributed by atoms with van der Waals surface area (Å²) in [7, 11) is 1.60. The van der Waals surface area contributed by atoms with Crippen LogP contribution in [0.15, 0.2) is 22.8 Å². The summed E-state index contributed by atoms with van der Waals surface area (Å²) in [5, 5.41) is 9.00. The Morgan fingerprint density at radius 3 is 2.93 bits per heavy atom. The standard InChI is InChI=1S/C10H11NO4/c1-11-8(12)5-6(10(13)14)9(11)7-3-2-4-15-7/h2-4,6,9H,5H2,1H3,(H,13,14)/t6-,9-/m0/s1. The van der Waals surface area contributed by atoms with Gasteiger partial charge in [0.15, 0.2) is 0 Å². The van der Waals surface area contributed by atoms with Gasteiger partial charge in [-0.2, -0.15) is 0 Å². The summed E-state index contributed by atoms with van der Waals surface area (Å²) in [6.45, 7) is 0. The summed E-state index contributed by atoms with van der Waals surface area (Å²) in [6, 6.07) is 2.89. The minimum atomic E-state index is -0.964. The Hall–Kier alpha value is -1.78. The van der Waals surface area contributed by atoms with Gasteiger partial charge in [-0.15, -0.1) is 0 Å². The second-order valence-electron chi connectivity index (χ2n) is 3.61. The molecular weight excluding hydrogens is 198 g/mol. The van der Waals surface area contributed by atoms with Gasteiger partial charge in [-0.05, 0) is 12.1 Å². The molecule has 2 heterocycles. The van der Waals surface area contributed by atoms with Crippen molar-refractivity contribution in [1.82, 2.24) is 4.90 Å². The molecule has 1 amide bonds. The molecule has 2 atom stereocenters. The molecule has 0 bridgehead atoms. The van der Waals surface area contributed by atoms with Gasteiger partial charge in [0, 0.05) is 13.5 Å². The van der Waals surface area contributed by atoms with E-state index in [0.717, 1.165) is 0 Å². The Labute approximate surface area is 86.3 Å². The zero-order valence-electron chi connectivity index (χ0n) is 8.21. The molecule has 1 saturated heterocycles. The third-order valence-electron chi connectivity index (χ3n) is 2.74. The van der Waals surface area contributed by atoms with Crippen molar-refractivity contribution < 1.29 is 19.1 Å². The van der Waals surface area contributed by atoms with E-state index in [9.17, 15) is 9.59 Å². The number of furan rings is 1. The average Bonchev–Trinajstić information content (AvgIpc) is 2.76. The van der Waals surface area contributed by atoms with Gasteiger partial charge in [-0.25, -0.2) is 0 Å². The van der Waals surface area contributed by atoms with E-state index in [1.54, 1.807) is 19.2 Å². The van der Waals surface area contributed by atoms with Crippen LogP contribution in [0.4, 0.5) is 0 Å². The Kier molecular flexibility index (Phi) is 2.22. The lowest BCUT2D eigenvalue weighted by atomic mass is 9.99. The van der Waals surface area contributed by atoms with Gasteiger partial charge >= 0.3 is 5.97 Å². The molecule has 0 unspecified atom stereocenters. The fourth-order valence-corrected chi connectivity index (χ4v) is 1.94. The van der Waals surface area contributed by atoms with Crippen LogP contribution >= 0.6 is 0 Å². The number of likely N-dealkylation sites (tertiary alicyclic amines) is 1. The van der Waals surface area contributed by atoms with E-state index in [-0.39, 0.29) is 12.3 Å². The van der Waals surface area contributed by atoms with Crippen molar-refractivity contribution in [2.45, 2.75) is 12.5 Å².